The second-order valence-electron chi connectivity index (χ2n) is 6.73. The molecule has 1 aliphatic heterocycles. The van der Waals surface area contributed by atoms with Gasteiger partial charge in [-0.1, -0.05) is 12.1 Å². The molecule has 0 spiro atoms. The summed E-state index contributed by atoms with van der Waals surface area (Å²) in [4.78, 5) is 26.9. The number of hydrogen-bond acceptors (Lipinski definition) is 4. The van der Waals surface area contributed by atoms with Gasteiger partial charge in [0.25, 0.3) is 5.91 Å². The summed E-state index contributed by atoms with van der Waals surface area (Å²) < 4.78 is 48.5. The lowest BCUT2D eigenvalue weighted by molar-refractivity contribution is -0.137. The van der Waals surface area contributed by atoms with E-state index in [1.165, 1.54) is 19.2 Å². The molecule has 0 aliphatic carbocycles. The maximum atomic E-state index is 12.7. The molecule has 1 aliphatic rings. The maximum Gasteiger partial charge on any atom is 0.416 e. The lowest BCUT2D eigenvalue weighted by Gasteiger charge is -2.31. The van der Waals surface area contributed by atoms with Gasteiger partial charge in [0.1, 0.15) is 12.4 Å². The van der Waals surface area contributed by atoms with Crippen molar-refractivity contribution in [2.24, 2.45) is 5.92 Å². The van der Waals surface area contributed by atoms with E-state index in [1.54, 1.807) is 17.0 Å². The molecule has 150 valence electrons. The van der Waals surface area contributed by atoms with Crippen LogP contribution in [0.4, 0.5) is 13.2 Å². The molecule has 2 heterocycles. The van der Waals surface area contributed by atoms with E-state index in [9.17, 15) is 22.8 Å². The molecule has 1 atom stereocenters. The molecule has 1 fully saturated rings. The first-order valence-electron chi connectivity index (χ1n) is 8.88. The highest BCUT2D eigenvalue weighted by molar-refractivity contribution is 5.99. The number of carbonyl (C=O) groups excluding carboxylic acids is 2. The number of carbonyl (C=O) groups is 2. The molecule has 2 aromatic rings. The molecule has 5 nitrogen and oxygen atoms in total. The van der Waals surface area contributed by atoms with Crippen LogP contribution in [0.15, 0.2) is 40.8 Å². The number of nitrogens with zero attached hydrogens (tertiary/aromatic N) is 1. The third-order valence-electron chi connectivity index (χ3n) is 4.74. The molecular formula is C20H20F3NO4. The van der Waals surface area contributed by atoms with Gasteiger partial charge in [-0.25, -0.2) is 0 Å². The highest BCUT2D eigenvalue weighted by Gasteiger charge is 2.32. The third kappa shape index (κ3) is 4.44. The van der Waals surface area contributed by atoms with Crippen molar-refractivity contribution in [3.05, 3.63) is 59.0 Å². The zero-order valence-corrected chi connectivity index (χ0v) is 15.3. The standard InChI is InChI=1S/C20H20F3NO4/c1-27-12-16-8-9-17(28-16)19(26)24-10-2-3-14(11-24)18(25)13-4-6-15(7-5-13)20(21,22)23/h4-9,14H,2-3,10-12H2,1H3/t14-/m1/s1. The third-order valence-corrected chi connectivity index (χ3v) is 4.74. The SMILES string of the molecule is COCc1ccc(C(=O)N2CCC[C@@H](C(=O)c3ccc(C(F)(F)F)cc3)C2)o1. The fourth-order valence-electron chi connectivity index (χ4n) is 3.30. The van der Waals surface area contributed by atoms with Crippen molar-refractivity contribution in [2.45, 2.75) is 25.6 Å². The first kappa shape index (κ1) is 20.1. The Labute approximate surface area is 160 Å². The Morgan fingerprint density at radius 1 is 1.18 bits per heavy atom. The summed E-state index contributed by atoms with van der Waals surface area (Å²) in [5.74, 6) is -0.323. The van der Waals surface area contributed by atoms with Crippen molar-refractivity contribution in [3.8, 4) is 0 Å². The Kier molecular flexibility index (Phi) is 5.88. The minimum absolute atomic E-state index is 0.176. The molecule has 0 radical (unpaired) electrons. The number of rotatable bonds is 5. The number of methoxy groups -OCH3 is 1. The molecule has 8 heteroatoms. The first-order chi connectivity index (χ1) is 13.3. The number of likely N-dealkylation sites (tertiary alicyclic amines) is 1. The predicted octanol–water partition coefficient (Wildman–Crippen LogP) is 4.18. The van der Waals surface area contributed by atoms with Crippen molar-refractivity contribution < 1.29 is 31.9 Å². The smallest absolute Gasteiger partial charge is 0.416 e. The van der Waals surface area contributed by atoms with Gasteiger partial charge in [-0.3, -0.25) is 9.59 Å². The number of Topliss-reactive ketones (excluding diaryl/α,β-unsaturated/α-hetero) is 1. The normalized spacial score (nSPS) is 17.6. The van der Waals surface area contributed by atoms with E-state index in [-0.39, 0.29) is 36.2 Å². The van der Waals surface area contributed by atoms with Crippen LogP contribution in [0.2, 0.25) is 0 Å². The lowest BCUT2D eigenvalue weighted by atomic mass is 9.89. The number of benzene rings is 1. The van der Waals surface area contributed by atoms with E-state index in [0.717, 1.165) is 12.1 Å². The number of furan rings is 1. The summed E-state index contributed by atoms with van der Waals surface area (Å²) in [6.45, 7) is 0.956. The van der Waals surface area contributed by atoms with Gasteiger partial charge in [-0.15, -0.1) is 0 Å². The minimum atomic E-state index is -4.44. The van der Waals surface area contributed by atoms with E-state index >= 15 is 0 Å². The average Bonchev–Trinajstić information content (AvgIpc) is 3.15. The minimum Gasteiger partial charge on any atom is -0.453 e. The Balaban J connectivity index is 1.68. The maximum absolute atomic E-state index is 12.7. The van der Waals surface area contributed by atoms with Gasteiger partial charge in [0, 0.05) is 31.7 Å². The zero-order valence-electron chi connectivity index (χ0n) is 15.3. The van der Waals surface area contributed by atoms with Crippen LogP contribution >= 0.6 is 0 Å². The largest absolute Gasteiger partial charge is 0.453 e. The van der Waals surface area contributed by atoms with Crippen LogP contribution in [0.5, 0.6) is 0 Å². The molecule has 0 N–H and O–H groups in total. The highest BCUT2D eigenvalue weighted by atomic mass is 19.4. The number of ketones is 1. The second kappa shape index (κ2) is 8.18. The molecule has 28 heavy (non-hydrogen) atoms. The van der Waals surface area contributed by atoms with Crippen molar-refractivity contribution >= 4 is 11.7 Å². The van der Waals surface area contributed by atoms with Crippen LogP contribution in [0, 0.1) is 5.92 Å². The zero-order chi connectivity index (χ0) is 20.3. The van der Waals surface area contributed by atoms with E-state index < -0.39 is 17.7 Å². The Hall–Kier alpha value is -2.61. The fraction of sp³-hybridized carbons (Fsp3) is 0.400. The number of ether oxygens (including phenoxy) is 1. The molecule has 1 aromatic heterocycles. The van der Waals surface area contributed by atoms with Crippen molar-refractivity contribution in [3.63, 3.8) is 0 Å². The van der Waals surface area contributed by atoms with Gasteiger partial charge in [0.15, 0.2) is 11.5 Å². The molecule has 1 saturated heterocycles. The predicted molar refractivity (Wildman–Crippen MR) is 93.8 cm³/mol. The second-order valence-corrected chi connectivity index (χ2v) is 6.73. The van der Waals surface area contributed by atoms with E-state index in [2.05, 4.69) is 0 Å². The van der Waals surface area contributed by atoms with Gasteiger partial charge in [-0.05, 0) is 37.1 Å². The van der Waals surface area contributed by atoms with Gasteiger partial charge < -0.3 is 14.1 Å². The summed E-state index contributed by atoms with van der Waals surface area (Å²) in [7, 11) is 1.52. The van der Waals surface area contributed by atoms with Crippen LogP contribution in [0.1, 0.15) is 45.1 Å². The quantitative estimate of drug-likeness (QED) is 0.713. The van der Waals surface area contributed by atoms with Crippen LogP contribution < -0.4 is 0 Å². The van der Waals surface area contributed by atoms with E-state index in [4.69, 9.17) is 9.15 Å². The fourth-order valence-corrected chi connectivity index (χ4v) is 3.30. The van der Waals surface area contributed by atoms with Gasteiger partial charge >= 0.3 is 6.18 Å². The monoisotopic (exact) mass is 395 g/mol. The number of piperidine rings is 1. The number of amides is 1. The van der Waals surface area contributed by atoms with Gasteiger partial charge in [0.2, 0.25) is 0 Å². The summed E-state index contributed by atoms with van der Waals surface area (Å²) in [6, 6.07) is 7.41. The molecule has 0 unspecified atom stereocenters. The number of halogens is 3. The van der Waals surface area contributed by atoms with Crippen LogP contribution in [-0.2, 0) is 17.5 Å². The lowest BCUT2D eigenvalue weighted by Crippen LogP contribution is -2.42. The molecule has 1 aromatic carbocycles. The molecule has 0 bridgehead atoms. The van der Waals surface area contributed by atoms with Crippen molar-refractivity contribution in [1.29, 1.82) is 0 Å². The number of alkyl halides is 3. The van der Waals surface area contributed by atoms with Crippen LogP contribution in [0.25, 0.3) is 0 Å². The number of hydrogen-bond donors (Lipinski definition) is 0. The average molecular weight is 395 g/mol. The molecule has 3 rings (SSSR count). The summed E-state index contributed by atoms with van der Waals surface area (Å²) >= 11 is 0. The van der Waals surface area contributed by atoms with Gasteiger partial charge in [0.05, 0.1) is 5.56 Å². The summed E-state index contributed by atoms with van der Waals surface area (Å²) in [6.07, 6.45) is -3.23. The van der Waals surface area contributed by atoms with Gasteiger partial charge in [-0.2, -0.15) is 13.2 Å². The Morgan fingerprint density at radius 3 is 2.54 bits per heavy atom. The van der Waals surface area contributed by atoms with E-state index in [1.807, 2.05) is 0 Å². The topological polar surface area (TPSA) is 59.8 Å². The van der Waals surface area contributed by atoms with Crippen molar-refractivity contribution in [2.75, 3.05) is 20.2 Å². The summed E-state index contributed by atoms with van der Waals surface area (Å²) in [5.41, 5.74) is -0.582. The molecule has 1 amide bonds. The van der Waals surface area contributed by atoms with Crippen LogP contribution in [0.3, 0.4) is 0 Å². The van der Waals surface area contributed by atoms with E-state index in [0.29, 0.717) is 25.1 Å². The summed E-state index contributed by atoms with van der Waals surface area (Å²) in [5, 5.41) is 0. The van der Waals surface area contributed by atoms with Crippen molar-refractivity contribution in [1.82, 2.24) is 4.90 Å². The first-order valence-corrected chi connectivity index (χ1v) is 8.88. The Bertz CT molecular complexity index is 842. The Morgan fingerprint density at radius 2 is 1.89 bits per heavy atom. The molecular weight excluding hydrogens is 375 g/mol. The molecule has 0 saturated carbocycles. The highest BCUT2D eigenvalue weighted by Crippen LogP contribution is 2.30. The van der Waals surface area contributed by atoms with Crippen LogP contribution in [-0.4, -0.2) is 36.8 Å².